The van der Waals surface area contributed by atoms with Crippen LogP contribution in [0.15, 0.2) is 29.3 Å². The second kappa shape index (κ2) is 11.7. The molecule has 1 fully saturated rings. The van der Waals surface area contributed by atoms with E-state index in [0.717, 1.165) is 36.8 Å². The summed E-state index contributed by atoms with van der Waals surface area (Å²) in [5, 5.41) is 9.74. The third-order valence-corrected chi connectivity index (χ3v) is 4.84. The predicted molar refractivity (Wildman–Crippen MR) is 117 cm³/mol. The second-order valence-electron chi connectivity index (χ2n) is 7.49. The Morgan fingerprint density at radius 1 is 1.29 bits per heavy atom. The molecular formula is C21H36N6O. The standard InChI is InChI=1S/C21H36N6O/c1-5-22-21(24-15-19-11-8-12-27(19)6-2)23-14-17-9-7-10-18(13-17)25-20(28)16-26(3)4/h7,9-10,13,19H,5-6,8,11-12,14-16H2,1-4H3,(H,25,28)(H2,22,23,24). The van der Waals surface area contributed by atoms with E-state index in [1.807, 2.05) is 43.3 Å². The Morgan fingerprint density at radius 2 is 2.11 bits per heavy atom. The molecule has 28 heavy (non-hydrogen) atoms. The first-order valence-corrected chi connectivity index (χ1v) is 10.3. The van der Waals surface area contributed by atoms with Gasteiger partial charge in [-0.3, -0.25) is 9.69 Å². The minimum atomic E-state index is -0.0160. The second-order valence-corrected chi connectivity index (χ2v) is 7.49. The van der Waals surface area contributed by atoms with Gasteiger partial charge >= 0.3 is 0 Å². The molecule has 1 aromatic rings. The molecule has 0 bridgehead atoms. The molecule has 2 rings (SSSR count). The van der Waals surface area contributed by atoms with Gasteiger partial charge in [-0.1, -0.05) is 19.1 Å². The van der Waals surface area contributed by atoms with Gasteiger partial charge < -0.3 is 20.9 Å². The van der Waals surface area contributed by atoms with Crippen LogP contribution in [0.3, 0.4) is 0 Å². The van der Waals surface area contributed by atoms with Crippen molar-refractivity contribution in [3.8, 4) is 0 Å². The topological polar surface area (TPSA) is 72.0 Å². The van der Waals surface area contributed by atoms with Crippen LogP contribution < -0.4 is 16.0 Å². The number of nitrogens with one attached hydrogen (secondary N) is 3. The number of rotatable bonds is 9. The summed E-state index contributed by atoms with van der Waals surface area (Å²) < 4.78 is 0. The number of amides is 1. The van der Waals surface area contributed by atoms with Crippen LogP contribution in [-0.2, 0) is 11.3 Å². The van der Waals surface area contributed by atoms with Gasteiger partial charge in [0.2, 0.25) is 5.91 Å². The molecular weight excluding hydrogens is 352 g/mol. The van der Waals surface area contributed by atoms with Crippen LogP contribution in [0.2, 0.25) is 0 Å². The van der Waals surface area contributed by atoms with Gasteiger partial charge in [-0.25, -0.2) is 4.99 Å². The molecule has 0 aliphatic carbocycles. The van der Waals surface area contributed by atoms with Crippen molar-refractivity contribution in [3.05, 3.63) is 29.8 Å². The highest BCUT2D eigenvalue weighted by atomic mass is 16.2. The maximum Gasteiger partial charge on any atom is 0.238 e. The number of anilines is 1. The van der Waals surface area contributed by atoms with Crippen LogP contribution in [0.5, 0.6) is 0 Å². The van der Waals surface area contributed by atoms with E-state index >= 15 is 0 Å². The molecule has 0 radical (unpaired) electrons. The van der Waals surface area contributed by atoms with Crippen molar-refractivity contribution in [2.24, 2.45) is 4.99 Å². The SMILES string of the molecule is CCNC(=NCc1cccc(NC(=O)CN(C)C)c1)NCC1CCCN1CC. The Bertz CT molecular complexity index is 646. The molecule has 1 amide bonds. The first-order valence-electron chi connectivity index (χ1n) is 10.3. The van der Waals surface area contributed by atoms with Gasteiger partial charge in [0.1, 0.15) is 0 Å². The highest BCUT2D eigenvalue weighted by molar-refractivity contribution is 5.92. The maximum absolute atomic E-state index is 11.9. The molecule has 0 saturated carbocycles. The summed E-state index contributed by atoms with van der Waals surface area (Å²) in [6, 6.07) is 8.46. The highest BCUT2D eigenvalue weighted by Gasteiger charge is 2.22. The van der Waals surface area contributed by atoms with Crippen molar-refractivity contribution >= 4 is 17.6 Å². The van der Waals surface area contributed by atoms with Crippen molar-refractivity contribution < 1.29 is 4.79 Å². The fourth-order valence-corrected chi connectivity index (χ4v) is 3.50. The molecule has 1 atom stereocenters. The lowest BCUT2D eigenvalue weighted by atomic mass is 10.2. The highest BCUT2D eigenvalue weighted by Crippen LogP contribution is 2.15. The molecule has 1 aromatic carbocycles. The van der Waals surface area contributed by atoms with E-state index in [2.05, 4.69) is 34.7 Å². The molecule has 3 N–H and O–H groups in total. The summed E-state index contributed by atoms with van der Waals surface area (Å²) in [5.41, 5.74) is 1.87. The maximum atomic E-state index is 11.9. The first kappa shape index (κ1) is 22.2. The molecule has 1 heterocycles. The van der Waals surface area contributed by atoms with E-state index in [-0.39, 0.29) is 5.91 Å². The van der Waals surface area contributed by atoms with E-state index < -0.39 is 0 Å². The van der Waals surface area contributed by atoms with Gasteiger partial charge in [0.25, 0.3) is 0 Å². The average Bonchev–Trinajstić information content (AvgIpc) is 3.11. The molecule has 0 aromatic heterocycles. The first-order chi connectivity index (χ1) is 13.5. The van der Waals surface area contributed by atoms with Crippen LogP contribution in [0.25, 0.3) is 0 Å². The van der Waals surface area contributed by atoms with Gasteiger partial charge in [0.15, 0.2) is 5.96 Å². The Labute approximate surface area is 169 Å². The van der Waals surface area contributed by atoms with Crippen LogP contribution in [0, 0.1) is 0 Å². The Morgan fingerprint density at radius 3 is 2.82 bits per heavy atom. The number of guanidine groups is 1. The molecule has 0 spiro atoms. The van der Waals surface area contributed by atoms with E-state index in [1.54, 1.807) is 0 Å². The summed E-state index contributed by atoms with van der Waals surface area (Å²) in [6.07, 6.45) is 2.52. The number of benzene rings is 1. The molecule has 1 unspecified atom stereocenters. The van der Waals surface area contributed by atoms with Crippen LogP contribution in [0.1, 0.15) is 32.3 Å². The lowest BCUT2D eigenvalue weighted by molar-refractivity contribution is -0.116. The molecule has 1 aliphatic rings. The third-order valence-electron chi connectivity index (χ3n) is 4.84. The zero-order chi connectivity index (χ0) is 20.4. The summed E-state index contributed by atoms with van der Waals surface area (Å²) in [7, 11) is 3.76. The van der Waals surface area contributed by atoms with Crippen molar-refractivity contribution in [1.29, 1.82) is 0 Å². The average molecular weight is 389 g/mol. The van der Waals surface area contributed by atoms with Gasteiger partial charge in [-0.05, 0) is 64.6 Å². The monoisotopic (exact) mass is 388 g/mol. The van der Waals surface area contributed by atoms with Crippen molar-refractivity contribution in [3.63, 3.8) is 0 Å². The lowest BCUT2D eigenvalue weighted by Crippen LogP contribution is -2.44. The van der Waals surface area contributed by atoms with E-state index in [0.29, 0.717) is 19.1 Å². The van der Waals surface area contributed by atoms with E-state index in [4.69, 9.17) is 4.99 Å². The minimum absolute atomic E-state index is 0.0160. The Hall–Kier alpha value is -2.12. The summed E-state index contributed by atoms with van der Waals surface area (Å²) >= 11 is 0. The number of hydrogen-bond donors (Lipinski definition) is 3. The van der Waals surface area contributed by atoms with Crippen LogP contribution in [-0.4, -0.2) is 74.5 Å². The number of likely N-dealkylation sites (tertiary alicyclic amines) is 1. The quantitative estimate of drug-likeness (QED) is 0.444. The zero-order valence-corrected chi connectivity index (χ0v) is 17.8. The number of nitrogens with zero attached hydrogens (tertiary/aromatic N) is 3. The number of carbonyl (C=O) groups is 1. The normalized spacial score (nSPS) is 17.8. The molecule has 1 saturated heterocycles. The number of hydrogen-bond acceptors (Lipinski definition) is 4. The Kier molecular flexibility index (Phi) is 9.23. The van der Waals surface area contributed by atoms with Gasteiger partial charge in [0, 0.05) is 24.8 Å². The van der Waals surface area contributed by atoms with Crippen molar-refractivity contribution in [2.75, 3.05) is 52.1 Å². The van der Waals surface area contributed by atoms with Crippen molar-refractivity contribution in [2.45, 2.75) is 39.3 Å². The number of carbonyl (C=O) groups excluding carboxylic acids is 1. The smallest absolute Gasteiger partial charge is 0.238 e. The number of aliphatic imine (C=N–C) groups is 1. The van der Waals surface area contributed by atoms with Gasteiger partial charge in [-0.2, -0.15) is 0 Å². The van der Waals surface area contributed by atoms with Crippen LogP contribution >= 0.6 is 0 Å². The predicted octanol–water partition coefficient (Wildman–Crippen LogP) is 1.73. The van der Waals surface area contributed by atoms with E-state index in [1.165, 1.54) is 19.4 Å². The van der Waals surface area contributed by atoms with Crippen LogP contribution in [0.4, 0.5) is 5.69 Å². The Balaban J connectivity index is 1.92. The van der Waals surface area contributed by atoms with E-state index in [9.17, 15) is 4.79 Å². The fourth-order valence-electron chi connectivity index (χ4n) is 3.50. The molecule has 7 heteroatoms. The molecule has 156 valence electrons. The molecule has 7 nitrogen and oxygen atoms in total. The lowest BCUT2D eigenvalue weighted by Gasteiger charge is -2.24. The summed E-state index contributed by atoms with van der Waals surface area (Å²) in [5.74, 6) is 0.824. The van der Waals surface area contributed by atoms with Crippen molar-refractivity contribution in [1.82, 2.24) is 20.4 Å². The van der Waals surface area contributed by atoms with Gasteiger partial charge in [0.05, 0.1) is 13.1 Å². The minimum Gasteiger partial charge on any atom is -0.357 e. The largest absolute Gasteiger partial charge is 0.357 e. The number of likely N-dealkylation sites (N-methyl/N-ethyl adjacent to an activating group) is 2. The molecule has 1 aliphatic heterocycles. The summed E-state index contributed by atoms with van der Waals surface area (Å²) in [4.78, 5) is 21.0. The third kappa shape index (κ3) is 7.48. The zero-order valence-electron chi connectivity index (χ0n) is 17.8. The van der Waals surface area contributed by atoms with Gasteiger partial charge in [-0.15, -0.1) is 0 Å². The summed E-state index contributed by atoms with van der Waals surface area (Å²) in [6.45, 7) is 9.28. The fraction of sp³-hybridized carbons (Fsp3) is 0.619.